The number of nitrogens with zero attached hydrogens (tertiary/aromatic N) is 1. The van der Waals surface area contributed by atoms with Gasteiger partial charge in [0, 0.05) is 36.2 Å². The topological polar surface area (TPSA) is 78.5 Å². The van der Waals surface area contributed by atoms with E-state index in [4.69, 9.17) is 0 Å². The largest absolute Gasteiger partial charge is 0.375 e. The van der Waals surface area contributed by atoms with Gasteiger partial charge >= 0.3 is 0 Å². The van der Waals surface area contributed by atoms with Crippen LogP contribution >= 0.6 is 0 Å². The smallest absolute Gasteiger partial charge is 0.261 e. The van der Waals surface area contributed by atoms with Gasteiger partial charge in [-0.3, -0.25) is 9.52 Å². The first-order valence-corrected chi connectivity index (χ1v) is 10.8. The van der Waals surface area contributed by atoms with Gasteiger partial charge in [0.25, 0.3) is 15.9 Å². The van der Waals surface area contributed by atoms with Crippen molar-refractivity contribution in [3.63, 3.8) is 0 Å². The Morgan fingerprint density at radius 3 is 2.27 bits per heavy atom. The molecule has 0 radical (unpaired) electrons. The normalized spacial score (nSPS) is 11.0. The Hall–Kier alpha value is -3.39. The molecule has 0 aromatic heterocycles. The van der Waals surface area contributed by atoms with Crippen LogP contribution in [0.2, 0.25) is 0 Å². The van der Waals surface area contributed by atoms with E-state index in [9.17, 15) is 17.6 Å². The first-order chi connectivity index (χ1) is 14.3. The van der Waals surface area contributed by atoms with Gasteiger partial charge in [-0.15, -0.1) is 0 Å². The number of anilines is 3. The van der Waals surface area contributed by atoms with Crippen molar-refractivity contribution in [2.45, 2.75) is 11.8 Å². The lowest BCUT2D eigenvalue weighted by atomic mass is 10.2. The van der Waals surface area contributed by atoms with Crippen molar-refractivity contribution in [1.82, 2.24) is 0 Å². The van der Waals surface area contributed by atoms with Crippen molar-refractivity contribution >= 4 is 33.0 Å². The highest BCUT2D eigenvalue weighted by Crippen LogP contribution is 2.20. The highest BCUT2D eigenvalue weighted by molar-refractivity contribution is 7.92. The summed E-state index contributed by atoms with van der Waals surface area (Å²) in [5.74, 6) is -0.804. The first-order valence-electron chi connectivity index (χ1n) is 9.29. The Balaban J connectivity index is 1.72. The molecule has 0 saturated carbocycles. The molecule has 0 bridgehead atoms. The van der Waals surface area contributed by atoms with E-state index in [-0.39, 0.29) is 16.5 Å². The number of benzene rings is 3. The summed E-state index contributed by atoms with van der Waals surface area (Å²) >= 11 is 0. The minimum absolute atomic E-state index is 0.00468. The van der Waals surface area contributed by atoms with Crippen LogP contribution in [0.4, 0.5) is 21.5 Å². The summed E-state index contributed by atoms with van der Waals surface area (Å²) in [5.41, 5.74) is 2.19. The number of rotatable bonds is 7. The summed E-state index contributed by atoms with van der Waals surface area (Å²) in [5, 5.41) is 2.81. The second-order valence-corrected chi connectivity index (χ2v) is 8.34. The third-order valence-electron chi connectivity index (χ3n) is 4.54. The Labute approximate surface area is 175 Å². The molecule has 3 aromatic rings. The monoisotopic (exact) mass is 427 g/mol. The van der Waals surface area contributed by atoms with Crippen molar-refractivity contribution in [2.24, 2.45) is 0 Å². The fourth-order valence-corrected chi connectivity index (χ4v) is 3.78. The molecule has 0 spiro atoms. The Morgan fingerprint density at radius 1 is 0.967 bits per heavy atom. The number of hydrogen-bond donors (Lipinski definition) is 2. The number of hydrogen-bond acceptors (Lipinski definition) is 4. The predicted molar refractivity (Wildman–Crippen MR) is 117 cm³/mol. The van der Waals surface area contributed by atoms with Crippen LogP contribution in [0.25, 0.3) is 0 Å². The Kier molecular flexibility index (Phi) is 6.37. The molecule has 1 amide bonds. The molecule has 6 nitrogen and oxygen atoms in total. The van der Waals surface area contributed by atoms with Crippen molar-refractivity contribution in [3.05, 3.63) is 84.2 Å². The molecule has 0 fully saturated rings. The van der Waals surface area contributed by atoms with Crippen molar-refractivity contribution in [3.8, 4) is 0 Å². The summed E-state index contributed by atoms with van der Waals surface area (Å²) in [4.78, 5) is 14.6. The third-order valence-corrected chi connectivity index (χ3v) is 5.94. The zero-order valence-electron chi connectivity index (χ0n) is 16.6. The fraction of sp³-hybridized carbons (Fsp3) is 0.136. The van der Waals surface area contributed by atoms with Gasteiger partial charge in [0.2, 0.25) is 0 Å². The minimum Gasteiger partial charge on any atom is -0.375 e. The second-order valence-electron chi connectivity index (χ2n) is 6.66. The quantitative estimate of drug-likeness (QED) is 0.588. The van der Waals surface area contributed by atoms with Gasteiger partial charge in [-0.1, -0.05) is 6.07 Å². The van der Waals surface area contributed by atoms with Crippen LogP contribution in [0.1, 0.15) is 17.3 Å². The molecule has 8 heteroatoms. The summed E-state index contributed by atoms with van der Waals surface area (Å²) in [6.07, 6.45) is 0. The number of amides is 1. The van der Waals surface area contributed by atoms with Crippen LogP contribution in [0, 0.1) is 5.82 Å². The molecule has 0 heterocycles. The zero-order valence-corrected chi connectivity index (χ0v) is 17.4. The predicted octanol–water partition coefficient (Wildman–Crippen LogP) is 4.33. The maximum Gasteiger partial charge on any atom is 0.261 e. The van der Waals surface area contributed by atoms with Gasteiger partial charge in [-0.2, -0.15) is 0 Å². The summed E-state index contributed by atoms with van der Waals surface area (Å²) < 4.78 is 40.3. The van der Waals surface area contributed by atoms with E-state index in [1.54, 1.807) is 6.07 Å². The molecule has 0 unspecified atom stereocenters. The van der Waals surface area contributed by atoms with E-state index < -0.39 is 15.8 Å². The van der Waals surface area contributed by atoms with E-state index >= 15 is 0 Å². The second kappa shape index (κ2) is 8.96. The molecule has 0 aliphatic heterocycles. The Morgan fingerprint density at radius 2 is 1.63 bits per heavy atom. The third kappa shape index (κ3) is 5.15. The van der Waals surface area contributed by atoms with Crippen LogP contribution in [-0.2, 0) is 10.0 Å². The molecular weight excluding hydrogens is 405 g/mol. The van der Waals surface area contributed by atoms with Gasteiger partial charge in [0.15, 0.2) is 0 Å². The number of sulfonamides is 1. The van der Waals surface area contributed by atoms with Gasteiger partial charge in [0.05, 0.1) is 4.90 Å². The molecular formula is C22H22FN3O3S. The summed E-state index contributed by atoms with van der Waals surface area (Å²) in [7, 11) is -1.90. The molecule has 0 aliphatic rings. The lowest BCUT2D eigenvalue weighted by Gasteiger charge is -2.17. The maximum atomic E-state index is 13.0. The molecule has 2 N–H and O–H groups in total. The van der Waals surface area contributed by atoms with Crippen molar-refractivity contribution in [2.75, 3.05) is 28.5 Å². The van der Waals surface area contributed by atoms with E-state index in [0.717, 1.165) is 12.2 Å². The molecule has 0 saturated heterocycles. The van der Waals surface area contributed by atoms with Gasteiger partial charge in [-0.05, 0) is 73.7 Å². The van der Waals surface area contributed by atoms with Crippen LogP contribution in [0.5, 0.6) is 0 Å². The molecule has 0 aliphatic carbocycles. The number of nitrogens with one attached hydrogen (secondary N) is 2. The molecule has 0 atom stereocenters. The average Bonchev–Trinajstić information content (AvgIpc) is 2.75. The molecule has 3 aromatic carbocycles. The van der Waals surface area contributed by atoms with Gasteiger partial charge in [0.1, 0.15) is 5.82 Å². The fourth-order valence-electron chi connectivity index (χ4n) is 2.72. The van der Waals surface area contributed by atoms with Crippen LogP contribution < -0.4 is 14.9 Å². The average molecular weight is 428 g/mol. The van der Waals surface area contributed by atoms with E-state index in [2.05, 4.69) is 10.0 Å². The van der Waals surface area contributed by atoms with Gasteiger partial charge in [-0.25, -0.2) is 12.8 Å². The zero-order chi connectivity index (χ0) is 21.7. The maximum absolute atomic E-state index is 13.0. The van der Waals surface area contributed by atoms with Crippen LogP contribution in [0.3, 0.4) is 0 Å². The van der Waals surface area contributed by atoms with Gasteiger partial charge < -0.3 is 10.2 Å². The number of carbonyl (C=O) groups is 1. The van der Waals surface area contributed by atoms with E-state index in [0.29, 0.717) is 11.3 Å². The molecule has 3 rings (SSSR count). The number of halogens is 1. The molecule has 156 valence electrons. The van der Waals surface area contributed by atoms with E-state index in [1.807, 2.05) is 37.1 Å². The molecule has 30 heavy (non-hydrogen) atoms. The highest BCUT2D eigenvalue weighted by Gasteiger charge is 2.15. The minimum atomic E-state index is -3.86. The summed E-state index contributed by atoms with van der Waals surface area (Å²) in [6, 6.07) is 18.0. The lowest BCUT2D eigenvalue weighted by molar-refractivity contribution is 0.102. The van der Waals surface area contributed by atoms with Crippen LogP contribution in [-0.4, -0.2) is 27.9 Å². The van der Waals surface area contributed by atoms with E-state index in [1.165, 1.54) is 48.5 Å². The first kappa shape index (κ1) is 21.3. The standard InChI is InChI=1S/C22H22FN3O3S/c1-3-26(2)20-6-4-5-19(15-20)24-22(27)16-7-13-21(14-8-16)30(28,29)25-18-11-9-17(23)10-12-18/h4-15,25H,3H2,1-2H3,(H,24,27). The summed E-state index contributed by atoms with van der Waals surface area (Å²) in [6.45, 7) is 2.87. The Bertz CT molecular complexity index is 1130. The van der Waals surface area contributed by atoms with Crippen molar-refractivity contribution < 1.29 is 17.6 Å². The lowest BCUT2D eigenvalue weighted by Crippen LogP contribution is -2.17. The van der Waals surface area contributed by atoms with Crippen molar-refractivity contribution in [1.29, 1.82) is 0 Å². The van der Waals surface area contributed by atoms with Crippen LogP contribution in [0.15, 0.2) is 77.7 Å². The number of carbonyl (C=O) groups excluding carboxylic acids is 1. The highest BCUT2D eigenvalue weighted by atomic mass is 32.2. The SMILES string of the molecule is CCN(C)c1cccc(NC(=O)c2ccc(S(=O)(=O)Nc3ccc(F)cc3)cc2)c1.